The largest absolute Gasteiger partial charge is 0.355 e. The van der Waals surface area contributed by atoms with Gasteiger partial charge in [-0.25, -0.2) is 0 Å². The number of hydrogen-bond acceptors (Lipinski definition) is 1. The highest BCUT2D eigenvalue weighted by atomic mass is 15.0. The minimum Gasteiger partial charge on any atom is -0.355 e. The second kappa shape index (κ2) is 13.4. The summed E-state index contributed by atoms with van der Waals surface area (Å²) in [7, 11) is 0. The van der Waals surface area contributed by atoms with E-state index in [-0.39, 0.29) is 0 Å². The highest BCUT2D eigenvalue weighted by Crippen LogP contribution is 2.40. The molecule has 0 atom stereocenters. The summed E-state index contributed by atoms with van der Waals surface area (Å²) in [5.74, 6) is 0. The molecule has 0 aliphatic heterocycles. The molecule has 0 aliphatic carbocycles. The molecular weight excluding hydrogens is 653 g/mol. The Labute approximate surface area is 315 Å². The number of fused-ring (bicyclic) bond motifs is 4. The van der Waals surface area contributed by atoms with Crippen molar-refractivity contribution >= 4 is 44.0 Å². The van der Waals surface area contributed by atoms with Gasteiger partial charge >= 0.3 is 0 Å². The smallest absolute Gasteiger partial charge is 0.0542 e. The highest BCUT2D eigenvalue weighted by Gasteiger charge is 2.17. The molecule has 0 aliphatic rings. The molecule has 0 spiro atoms. The summed E-state index contributed by atoms with van der Waals surface area (Å²) < 4.78 is 2.45. The summed E-state index contributed by atoms with van der Waals surface area (Å²) in [6.07, 6.45) is 0. The van der Waals surface area contributed by atoms with Crippen LogP contribution in [0.2, 0.25) is 0 Å². The molecule has 2 heteroatoms. The van der Waals surface area contributed by atoms with Crippen molar-refractivity contribution in [3.63, 3.8) is 0 Å². The molecule has 9 aromatic carbocycles. The molecule has 10 rings (SSSR count). The van der Waals surface area contributed by atoms with E-state index in [4.69, 9.17) is 0 Å². The lowest BCUT2D eigenvalue weighted by Crippen LogP contribution is -1.98. The van der Waals surface area contributed by atoms with Crippen molar-refractivity contribution < 1.29 is 0 Å². The molecule has 0 unspecified atom stereocenters. The topological polar surface area (TPSA) is 17.0 Å². The lowest BCUT2D eigenvalue weighted by atomic mass is 9.97. The van der Waals surface area contributed by atoms with Crippen molar-refractivity contribution in [3.05, 3.63) is 212 Å². The molecule has 1 aromatic heterocycles. The molecule has 0 amide bonds. The first-order valence-corrected chi connectivity index (χ1v) is 18.5. The Morgan fingerprint density at radius 1 is 0.278 bits per heavy atom. The third-order valence-electron chi connectivity index (χ3n) is 10.6. The van der Waals surface area contributed by atoms with E-state index >= 15 is 0 Å². The first kappa shape index (κ1) is 31.6. The predicted molar refractivity (Wildman–Crippen MR) is 230 cm³/mol. The molecule has 254 valence electrons. The highest BCUT2D eigenvalue weighted by molar-refractivity contribution is 6.13. The summed E-state index contributed by atoms with van der Waals surface area (Å²) >= 11 is 0. The van der Waals surface area contributed by atoms with Crippen LogP contribution in [0, 0.1) is 0 Å². The molecule has 0 radical (unpaired) electrons. The zero-order chi connectivity index (χ0) is 35.8. The van der Waals surface area contributed by atoms with E-state index in [2.05, 4.69) is 216 Å². The quantitative estimate of drug-likeness (QED) is 0.176. The van der Waals surface area contributed by atoms with Gasteiger partial charge in [0.1, 0.15) is 0 Å². The SMILES string of the molecule is c1ccc(Nc2ccc(-n3c4ccc(-c5ccc(-c6ccccc6)cc5)cc4c4cc(-c5ccc(-c6ccccc6)cc5)ccc43)c3ccccc23)cc1. The van der Waals surface area contributed by atoms with Crippen molar-refractivity contribution in [1.29, 1.82) is 0 Å². The summed E-state index contributed by atoms with van der Waals surface area (Å²) in [5.41, 5.74) is 15.4. The number of hydrogen-bond donors (Lipinski definition) is 1. The third-order valence-corrected chi connectivity index (χ3v) is 10.6. The van der Waals surface area contributed by atoms with Gasteiger partial charge in [-0.1, -0.05) is 164 Å². The van der Waals surface area contributed by atoms with Crippen LogP contribution < -0.4 is 5.32 Å². The van der Waals surface area contributed by atoms with Crippen molar-refractivity contribution in [1.82, 2.24) is 4.57 Å². The molecule has 1 N–H and O–H groups in total. The van der Waals surface area contributed by atoms with Crippen molar-refractivity contribution in [2.24, 2.45) is 0 Å². The van der Waals surface area contributed by atoms with Crippen LogP contribution in [0.5, 0.6) is 0 Å². The molecule has 0 bridgehead atoms. The number of aromatic nitrogens is 1. The van der Waals surface area contributed by atoms with Crippen LogP contribution in [0.1, 0.15) is 0 Å². The molecule has 0 saturated carbocycles. The standard InChI is InChI=1S/C52H36N2/c1-4-12-36(13-5-1)38-20-24-40(25-21-38)42-28-31-51-47(34-42)48-35-43(41-26-22-39(23-27-41)37-14-6-2-7-15-37)29-32-52(48)54(51)50-33-30-49(45-18-10-11-19-46(45)50)53-44-16-8-3-9-17-44/h1-35,53H. The maximum Gasteiger partial charge on any atom is 0.0542 e. The first-order chi connectivity index (χ1) is 26.8. The molecule has 10 aromatic rings. The Morgan fingerprint density at radius 3 is 1.17 bits per heavy atom. The molecule has 2 nitrogen and oxygen atoms in total. The number of rotatable bonds is 7. The first-order valence-electron chi connectivity index (χ1n) is 18.5. The number of nitrogens with zero attached hydrogens (tertiary/aromatic N) is 1. The fourth-order valence-electron chi connectivity index (χ4n) is 7.88. The average molecular weight is 689 g/mol. The van der Waals surface area contributed by atoms with Crippen LogP contribution in [0.4, 0.5) is 11.4 Å². The van der Waals surface area contributed by atoms with Gasteiger partial charge in [-0.05, 0) is 93.0 Å². The number of para-hydroxylation sites is 1. The normalized spacial score (nSPS) is 11.3. The van der Waals surface area contributed by atoms with Crippen LogP contribution >= 0.6 is 0 Å². The minimum absolute atomic E-state index is 1.07. The van der Waals surface area contributed by atoms with Crippen LogP contribution in [-0.4, -0.2) is 4.57 Å². The Balaban J connectivity index is 1.14. The molecule has 0 saturated heterocycles. The van der Waals surface area contributed by atoms with E-state index in [1.807, 2.05) is 6.07 Å². The fraction of sp³-hybridized carbons (Fsp3) is 0. The van der Waals surface area contributed by atoms with Gasteiger partial charge in [0, 0.05) is 32.9 Å². The van der Waals surface area contributed by atoms with Crippen LogP contribution in [0.25, 0.3) is 82.8 Å². The Morgan fingerprint density at radius 2 is 0.667 bits per heavy atom. The molecular formula is C52H36N2. The number of benzene rings is 9. The second-order valence-corrected chi connectivity index (χ2v) is 13.9. The fourth-order valence-corrected chi connectivity index (χ4v) is 7.88. The van der Waals surface area contributed by atoms with Gasteiger partial charge < -0.3 is 9.88 Å². The second-order valence-electron chi connectivity index (χ2n) is 13.9. The van der Waals surface area contributed by atoms with Crippen LogP contribution in [0.15, 0.2) is 212 Å². The maximum atomic E-state index is 3.66. The summed E-state index contributed by atoms with van der Waals surface area (Å²) in [4.78, 5) is 0. The monoisotopic (exact) mass is 688 g/mol. The van der Waals surface area contributed by atoms with E-state index in [0.717, 1.165) is 17.1 Å². The molecule has 1 heterocycles. The van der Waals surface area contributed by atoms with Crippen LogP contribution in [-0.2, 0) is 0 Å². The third kappa shape index (κ3) is 5.71. The Hall–Kier alpha value is -7.16. The van der Waals surface area contributed by atoms with Gasteiger partial charge in [0.05, 0.1) is 16.7 Å². The van der Waals surface area contributed by atoms with E-state index in [0.29, 0.717) is 0 Å². The zero-order valence-corrected chi connectivity index (χ0v) is 29.7. The maximum absolute atomic E-state index is 3.66. The average Bonchev–Trinajstić information content (AvgIpc) is 3.57. The number of nitrogens with one attached hydrogen (secondary N) is 1. The van der Waals surface area contributed by atoms with Gasteiger partial charge in [-0.3, -0.25) is 0 Å². The van der Waals surface area contributed by atoms with E-state index in [9.17, 15) is 0 Å². The summed E-state index contributed by atoms with van der Waals surface area (Å²) in [5, 5.41) is 8.50. The van der Waals surface area contributed by atoms with Gasteiger partial charge in [0.15, 0.2) is 0 Å². The molecule has 0 fully saturated rings. The zero-order valence-electron chi connectivity index (χ0n) is 29.7. The number of anilines is 2. The Bertz CT molecular complexity index is 2770. The van der Waals surface area contributed by atoms with Crippen molar-refractivity contribution in [2.75, 3.05) is 5.32 Å². The Kier molecular flexibility index (Phi) is 7.85. The van der Waals surface area contributed by atoms with Crippen molar-refractivity contribution in [2.45, 2.75) is 0 Å². The van der Waals surface area contributed by atoms with Gasteiger partial charge in [-0.15, -0.1) is 0 Å². The molecule has 54 heavy (non-hydrogen) atoms. The van der Waals surface area contributed by atoms with Gasteiger partial charge in [-0.2, -0.15) is 0 Å². The minimum atomic E-state index is 1.07. The summed E-state index contributed by atoms with van der Waals surface area (Å²) in [6.45, 7) is 0. The lowest BCUT2D eigenvalue weighted by Gasteiger charge is -2.16. The summed E-state index contributed by atoms with van der Waals surface area (Å²) in [6, 6.07) is 76.5. The van der Waals surface area contributed by atoms with E-state index < -0.39 is 0 Å². The predicted octanol–water partition coefficient (Wildman–Crippen LogP) is 14.3. The van der Waals surface area contributed by atoms with Gasteiger partial charge in [0.25, 0.3) is 0 Å². The van der Waals surface area contributed by atoms with E-state index in [1.165, 1.54) is 77.1 Å². The lowest BCUT2D eigenvalue weighted by molar-refractivity contribution is 1.20. The van der Waals surface area contributed by atoms with E-state index in [1.54, 1.807) is 0 Å². The van der Waals surface area contributed by atoms with Gasteiger partial charge in [0.2, 0.25) is 0 Å². The van der Waals surface area contributed by atoms with Crippen LogP contribution in [0.3, 0.4) is 0 Å². The van der Waals surface area contributed by atoms with Crippen molar-refractivity contribution in [3.8, 4) is 50.2 Å².